The topological polar surface area (TPSA) is 48.4 Å². The van der Waals surface area contributed by atoms with Crippen LogP contribution in [0.15, 0.2) is 36.5 Å². The average molecular weight is 259 g/mol. The number of carbonyl (C=O) groups excluding carboxylic acids is 1. The standard InChI is InChI=1S/C15H17NO3/c1-3-12(15(17)18-4-2)19-13-9-5-7-11-8-6-10-16-14(11)13/h5-10,12H,3-4H2,1-2H3. The minimum absolute atomic E-state index is 0.335. The second-order valence-electron chi connectivity index (χ2n) is 4.10. The van der Waals surface area contributed by atoms with Crippen molar-refractivity contribution >= 4 is 16.9 Å². The SMILES string of the molecule is CCOC(=O)C(CC)Oc1cccc2cccnc12. The first-order valence-corrected chi connectivity index (χ1v) is 6.43. The Labute approximate surface area is 112 Å². The van der Waals surface area contributed by atoms with Gasteiger partial charge in [0.1, 0.15) is 11.3 Å². The lowest BCUT2D eigenvalue weighted by molar-refractivity contribution is -0.151. The molecule has 1 heterocycles. The lowest BCUT2D eigenvalue weighted by Gasteiger charge is -2.16. The predicted molar refractivity (Wildman–Crippen MR) is 73.1 cm³/mol. The van der Waals surface area contributed by atoms with Crippen molar-refractivity contribution in [2.24, 2.45) is 0 Å². The van der Waals surface area contributed by atoms with Gasteiger partial charge in [0.25, 0.3) is 0 Å². The maximum Gasteiger partial charge on any atom is 0.347 e. The molecule has 0 aliphatic carbocycles. The van der Waals surface area contributed by atoms with Gasteiger partial charge in [0.2, 0.25) is 0 Å². The first kappa shape index (κ1) is 13.3. The zero-order valence-electron chi connectivity index (χ0n) is 11.1. The van der Waals surface area contributed by atoms with Gasteiger partial charge in [-0.3, -0.25) is 4.98 Å². The molecule has 1 aromatic carbocycles. The molecule has 0 bridgehead atoms. The number of hydrogen-bond donors (Lipinski definition) is 0. The molecular formula is C15H17NO3. The van der Waals surface area contributed by atoms with Crippen LogP contribution >= 0.6 is 0 Å². The van der Waals surface area contributed by atoms with Gasteiger partial charge in [-0.25, -0.2) is 4.79 Å². The summed E-state index contributed by atoms with van der Waals surface area (Å²) in [6.07, 6.45) is 1.68. The normalized spacial score (nSPS) is 12.1. The van der Waals surface area contributed by atoms with E-state index in [1.807, 2.05) is 37.3 Å². The summed E-state index contributed by atoms with van der Waals surface area (Å²) < 4.78 is 10.7. The lowest BCUT2D eigenvalue weighted by Crippen LogP contribution is -2.28. The van der Waals surface area contributed by atoms with Gasteiger partial charge in [-0.15, -0.1) is 0 Å². The van der Waals surface area contributed by atoms with E-state index in [1.54, 1.807) is 13.1 Å². The molecule has 0 aliphatic rings. The molecule has 0 N–H and O–H groups in total. The molecule has 0 spiro atoms. The van der Waals surface area contributed by atoms with Gasteiger partial charge in [-0.2, -0.15) is 0 Å². The van der Waals surface area contributed by atoms with E-state index in [9.17, 15) is 4.79 Å². The third kappa shape index (κ3) is 3.02. The number of esters is 1. The van der Waals surface area contributed by atoms with Crippen molar-refractivity contribution in [1.29, 1.82) is 0 Å². The van der Waals surface area contributed by atoms with Gasteiger partial charge >= 0.3 is 5.97 Å². The van der Waals surface area contributed by atoms with E-state index >= 15 is 0 Å². The molecule has 4 heteroatoms. The maximum atomic E-state index is 11.7. The van der Waals surface area contributed by atoms with Gasteiger partial charge in [0.05, 0.1) is 6.61 Å². The highest BCUT2D eigenvalue weighted by Crippen LogP contribution is 2.24. The van der Waals surface area contributed by atoms with E-state index in [0.717, 1.165) is 10.9 Å². The van der Waals surface area contributed by atoms with Crippen LogP contribution < -0.4 is 4.74 Å². The summed E-state index contributed by atoms with van der Waals surface area (Å²) in [5, 5.41) is 0.985. The molecule has 100 valence electrons. The van der Waals surface area contributed by atoms with Crippen molar-refractivity contribution in [3.8, 4) is 5.75 Å². The lowest BCUT2D eigenvalue weighted by atomic mass is 10.2. The van der Waals surface area contributed by atoms with Crippen molar-refractivity contribution in [2.75, 3.05) is 6.61 Å². The molecule has 0 aliphatic heterocycles. The monoisotopic (exact) mass is 259 g/mol. The largest absolute Gasteiger partial charge is 0.476 e. The molecule has 4 nitrogen and oxygen atoms in total. The summed E-state index contributed by atoms with van der Waals surface area (Å²) in [6, 6.07) is 9.49. The summed E-state index contributed by atoms with van der Waals surface area (Å²) in [4.78, 5) is 16.0. The van der Waals surface area contributed by atoms with Crippen LogP contribution in [-0.4, -0.2) is 23.7 Å². The zero-order chi connectivity index (χ0) is 13.7. The molecule has 0 saturated carbocycles. The fourth-order valence-electron chi connectivity index (χ4n) is 1.86. The minimum Gasteiger partial charge on any atom is -0.476 e. The van der Waals surface area contributed by atoms with Crippen LogP contribution in [0.3, 0.4) is 0 Å². The molecule has 1 unspecified atom stereocenters. The van der Waals surface area contributed by atoms with Crippen LogP contribution in [0.2, 0.25) is 0 Å². The summed E-state index contributed by atoms with van der Waals surface area (Å²) in [5.74, 6) is 0.274. The van der Waals surface area contributed by atoms with E-state index < -0.39 is 6.10 Å². The number of benzene rings is 1. The third-order valence-electron chi connectivity index (χ3n) is 2.79. The van der Waals surface area contributed by atoms with E-state index in [0.29, 0.717) is 18.8 Å². The Morgan fingerprint density at radius 1 is 1.26 bits per heavy atom. The number of ether oxygens (including phenoxy) is 2. The third-order valence-corrected chi connectivity index (χ3v) is 2.79. The van der Waals surface area contributed by atoms with Crippen LogP contribution in [-0.2, 0) is 9.53 Å². The summed E-state index contributed by atoms with van der Waals surface area (Å²) >= 11 is 0. The van der Waals surface area contributed by atoms with Crippen molar-refractivity contribution in [3.63, 3.8) is 0 Å². The maximum absolute atomic E-state index is 11.7. The van der Waals surface area contributed by atoms with Crippen LogP contribution in [0.1, 0.15) is 20.3 Å². The van der Waals surface area contributed by atoms with E-state index in [-0.39, 0.29) is 5.97 Å². The molecule has 2 rings (SSSR count). The fourth-order valence-corrected chi connectivity index (χ4v) is 1.86. The average Bonchev–Trinajstić information content (AvgIpc) is 2.45. The highest BCUT2D eigenvalue weighted by atomic mass is 16.6. The number of hydrogen-bond acceptors (Lipinski definition) is 4. The van der Waals surface area contributed by atoms with Gasteiger partial charge < -0.3 is 9.47 Å². The van der Waals surface area contributed by atoms with Gasteiger partial charge in [0, 0.05) is 11.6 Å². The predicted octanol–water partition coefficient (Wildman–Crippen LogP) is 2.96. The fraction of sp³-hybridized carbons (Fsp3) is 0.333. The molecule has 19 heavy (non-hydrogen) atoms. The second kappa shape index (κ2) is 6.18. The molecule has 1 aromatic heterocycles. The Balaban J connectivity index is 2.27. The Kier molecular flexibility index (Phi) is 4.34. The van der Waals surface area contributed by atoms with Gasteiger partial charge in [-0.1, -0.05) is 25.1 Å². The number of pyridine rings is 1. The Hall–Kier alpha value is -2.10. The number of para-hydroxylation sites is 1. The van der Waals surface area contributed by atoms with Crippen LogP contribution in [0, 0.1) is 0 Å². The summed E-state index contributed by atoms with van der Waals surface area (Å²) in [7, 11) is 0. The Bertz CT molecular complexity index is 563. The van der Waals surface area contributed by atoms with Gasteiger partial charge in [0.15, 0.2) is 6.10 Å². The molecule has 0 radical (unpaired) electrons. The Morgan fingerprint density at radius 3 is 2.79 bits per heavy atom. The van der Waals surface area contributed by atoms with E-state index in [1.165, 1.54) is 0 Å². The smallest absolute Gasteiger partial charge is 0.347 e. The summed E-state index contributed by atoms with van der Waals surface area (Å²) in [6.45, 7) is 4.02. The number of fused-ring (bicyclic) bond motifs is 1. The van der Waals surface area contributed by atoms with E-state index in [2.05, 4.69) is 4.98 Å². The highest BCUT2D eigenvalue weighted by Gasteiger charge is 2.20. The minimum atomic E-state index is -0.590. The van der Waals surface area contributed by atoms with Crippen molar-refractivity contribution in [2.45, 2.75) is 26.4 Å². The van der Waals surface area contributed by atoms with Crippen LogP contribution in [0.25, 0.3) is 10.9 Å². The van der Waals surface area contributed by atoms with Crippen molar-refractivity contribution in [1.82, 2.24) is 4.98 Å². The number of rotatable bonds is 5. The molecule has 2 aromatic rings. The Morgan fingerprint density at radius 2 is 2.05 bits per heavy atom. The van der Waals surface area contributed by atoms with Crippen molar-refractivity contribution in [3.05, 3.63) is 36.5 Å². The molecule has 1 atom stereocenters. The first-order valence-electron chi connectivity index (χ1n) is 6.43. The zero-order valence-corrected chi connectivity index (χ0v) is 11.1. The first-order chi connectivity index (χ1) is 9.26. The number of aromatic nitrogens is 1. The summed E-state index contributed by atoms with van der Waals surface area (Å²) in [5.41, 5.74) is 0.757. The molecule has 0 saturated heterocycles. The quantitative estimate of drug-likeness (QED) is 0.774. The molecule has 0 fully saturated rings. The highest BCUT2D eigenvalue weighted by molar-refractivity contribution is 5.85. The van der Waals surface area contributed by atoms with Gasteiger partial charge in [-0.05, 0) is 25.5 Å². The van der Waals surface area contributed by atoms with E-state index in [4.69, 9.17) is 9.47 Å². The van der Waals surface area contributed by atoms with Crippen LogP contribution in [0.5, 0.6) is 5.75 Å². The number of carbonyl (C=O) groups is 1. The second-order valence-corrected chi connectivity index (χ2v) is 4.10. The van der Waals surface area contributed by atoms with Crippen molar-refractivity contribution < 1.29 is 14.3 Å². The molecule has 0 amide bonds. The van der Waals surface area contributed by atoms with Crippen LogP contribution in [0.4, 0.5) is 0 Å². The number of nitrogens with zero attached hydrogens (tertiary/aromatic N) is 1. The molecular weight excluding hydrogens is 242 g/mol.